The quantitative estimate of drug-likeness (QED) is 0.924. The van der Waals surface area contributed by atoms with Crippen molar-refractivity contribution in [2.45, 2.75) is 19.6 Å². The SMILES string of the molecule is C[C@@H](O)c1cc(F)ccc1N(C)Cc1cscn1. The van der Waals surface area contributed by atoms with E-state index in [0.29, 0.717) is 12.1 Å². The summed E-state index contributed by atoms with van der Waals surface area (Å²) in [6.45, 7) is 2.27. The number of aromatic nitrogens is 1. The van der Waals surface area contributed by atoms with E-state index in [4.69, 9.17) is 0 Å². The highest BCUT2D eigenvalue weighted by atomic mass is 32.1. The van der Waals surface area contributed by atoms with Gasteiger partial charge in [0.25, 0.3) is 0 Å². The lowest BCUT2D eigenvalue weighted by molar-refractivity contribution is 0.199. The summed E-state index contributed by atoms with van der Waals surface area (Å²) in [6.07, 6.45) is -0.700. The molecule has 0 spiro atoms. The van der Waals surface area contributed by atoms with E-state index in [2.05, 4.69) is 4.98 Å². The normalized spacial score (nSPS) is 12.4. The molecule has 1 N–H and O–H groups in total. The third kappa shape index (κ3) is 2.86. The second-order valence-electron chi connectivity index (χ2n) is 4.21. The molecule has 0 fully saturated rings. The molecule has 2 aromatic rings. The van der Waals surface area contributed by atoms with Crippen molar-refractivity contribution in [1.82, 2.24) is 4.98 Å². The predicted molar refractivity (Wildman–Crippen MR) is 71.3 cm³/mol. The maximum atomic E-state index is 13.2. The fraction of sp³-hybridized carbons (Fsp3) is 0.308. The zero-order chi connectivity index (χ0) is 13.1. The Kier molecular flexibility index (Phi) is 3.93. The number of hydrogen-bond donors (Lipinski definition) is 1. The van der Waals surface area contributed by atoms with E-state index in [-0.39, 0.29) is 5.82 Å². The summed E-state index contributed by atoms with van der Waals surface area (Å²) in [4.78, 5) is 6.17. The molecule has 96 valence electrons. The van der Waals surface area contributed by atoms with Crippen LogP contribution < -0.4 is 4.90 Å². The Bertz CT molecular complexity index is 514. The molecule has 2 rings (SSSR count). The molecule has 5 heteroatoms. The highest BCUT2D eigenvalue weighted by molar-refractivity contribution is 7.07. The van der Waals surface area contributed by atoms with Crippen LogP contribution in [0.3, 0.4) is 0 Å². The number of thiazole rings is 1. The van der Waals surface area contributed by atoms with E-state index in [9.17, 15) is 9.50 Å². The van der Waals surface area contributed by atoms with E-state index in [0.717, 1.165) is 11.4 Å². The van der Waals surface area contributed by atoms with Gasteiger partial charge in [-0.2, -0.15) is 0 Å². The second kappa shape index (κ2) is 5.46. The Morgan fingerprint density at radius 3 is 2.89 bits per heavy atom. The predicted octanol–water partition coefficient (Wildman–Crippen LogP) is 2.97. The van der Waals surface area contributed by atoms with Gasteiger partial charge in [-0.3, -0.25) is 0 Å². The molecule has 0 saturated carbocycles. The lowest BCUT2D eigenvalue weighted by Crippen LogP contribution is -2.19. The summed E-state index contributed by atoms with van der Waals surface area (Å²) < 4.78 is 13.2. The Morgan fingerprint density at radius 1 is 1.50 bits per heavy atom. The molecule has 18 heavy (non-hydrogen) atoms. The van der Waals surface area contributed by atoms with Crippen LogP contribution in [0.1, 0.15) is 24.3 Å². The third-order valence-corrected chi connectivity index (χ3v) is 3.37. The molecule has 0 aliphatic rings. The molecule has 0 bridgehead atoms. The average molecular weight is 266 g/mol. The third-order valence-electron chi connectivity index (χ3n) is 2.73. The number of anilines is 1. The number of aliphatic hydroxyl groups is 1. The summed E-state index contributed by atoms with van der Waals surface area (Å²) in [7, 11) is 1.90. The molecule has 0 aliphatic carbocycles. The van der Waals surface area contributed by atoms with Crippen molar-refractivity contribution in [2.24, 2.45) is 0 Å². The van der Waals surface area contributed by atoms with Crippen LogP contribution >= 0.6 is 11.3 Å². The molecule has 0 radical (unpaired) electrons. The number of hydrogen-bond acceptors (Lipinski definition) is 4. The molecular formula is C13H15FN2OS. The monoisotopic (exact) mass is 266 g/mol. The van der Waals surface area contributed by atoms with Crippen molar-refractivity contribution in [3.05, 3.63) is 46.2 Å². The van der Waals surface area contributed by atoms with Crippen molar-refractivity contribution in [1.29, 1.82) is 0 Å². The zero-order valence-corrected chi connectivity index (χ0v) is 11.1. The van der Waals surface area contributed by atoms with E-state index in [1.807, 2.05) is 17.3 Å². The fourth-order valence-electron chi connectivity index (χ4n) is 1.85. The van der Waals surface area contributed by atoms with E-state index >= 15 is 0 Å². The van der Waals surface area contributed by atoms with Crippen molar-refractivity contribution in [2.75, 3.05) is 11.9 Å². The van der Waals surface area contributed by atoms with Gasteiger partial charge in [0.2, 0.25) is 0 Å². The van der Waals surface area contributed by atoms with Crippen molar-refractivity contribution >= 4 is 17.0 Å². The van der Waals surface area contributed by atoms with Crippen LogP contribution in [0, 0.1) is 5.82 Å². The zero-order valence-electron chi connectivity index (χ0n) is 10.3. The van der Waals surface area contributed by atoms with Crippen molar-refractivity contribution < 1.29 is 9.50 Å². The number of rotatable bonds is 4. The maximum absolute atomic E-state index is 13.2. The van der Waals surface area contributed by atoms with Gasteiger partial charge in [-0.05, 0) is 25.1 Å². The minimum Gasteiger partial charge on any atom is -0.389 e. The lowest BCUT2D eigenvalue weighted by Gasteiger charge is -2.23. The molecule has 0 amide bonds. The molecule has 1 atom stereocenters. The van der Waals surface area contributed by atoms with Gasteiger partial charge in [0.15, 0.2) is 0 Å². The van der Waals surface area contributed by atoms with Crippen LogP contribution in [0.15, 0.2) is 29.1 Å². The highest BCUT2D eigenvalue weighted by Crippen LogP contribution is 2.27. The summed E-state index contributed by atoms with van der Waals surface area (Å²) in [5, 5.41) is 11.7. The molecule has 3 nitrogen and oxygen atoms in total. The standard InChI is InChI=1S/C13H15FN2OS/c1-9(17)12-5-10(14)3-4-13(12)16(2)6-11-7-18-8-15-11/h3-5,7-9,17H,6H2,1-2H3/t9-/m1/s1. The molecular weight excluding hydrogens is 251 g/mol. The van der Waals surface area contributed by atoms with Crippen LogP contribution in [0.5, 0.6) is 0 Å². The van der Waals surface area contributed by atoms with Gasteiger partial charge in [0.05, 0.1) is 23.9 Å². The summed E-state index contributed by atoms with van der Waals surface area (Å²) in [5.74, 6) is -0.336. The van der Waals surface area contributed by atoms with Crippen LogP contribution in [-0.2, 0) is 6.54 Å². The van der Waals surface area contributed by atoms with Gasteiger partial charge < -0.3 is 10.0 Å². The lowest BCUT2D eigenvalue weighted by atomic mass is 10.1. The molecule has 1 aromatic heterocycles. The van der Waals surface area contributed by atoms with Gasteiger partial charge >= 0.3 is 0 Å². The largest absolute Gasteiger partial charge is 0.389 e. The van der Waals surface area contributed by atoms with Gasteiger partial charge in [-0.15, -0.1) is 11.3 Å². The topological polar surface area (TPSA) is 36.4 Å². The minimum absolute atomic E-state index is 0.336. The summed E-state index contributed by atoms with van der Waals surface area (Å²) in [5.41, 5.74) is 4.15. The Hall–Kier alpha value is -1.46. The number of halogens is 1. The van der Waals surface area contributed by atoms with Crippen LogP contribution in [-0.4, -0.2) is 17.1 Å². The van der Waals surface area contributed by atoms with E-state index in [1.54, 1.807) is 29.8 Å². The van der Waals surface area contributed by atoms with Crippen LogP contribution in [0.4, 0.5) is 10.1 Å². The summed E-state index contributed by atoms with van der Waals surface area (Å²) >= 11 is 1.54. The summed E-state index contributed by atoms with van der Waals surface area (Å²) in [6, 6.07) is 4.46. The Balaban J connectivity index is 2.26. The Labute approximate surface area is 110 Å². The fourth-order valence-corrected chi connectivity index (χ4v) is 2.40. The van der Waals surface area contributed by atoms with Gasteiger partial charge in [0, 0.05) is 23.7 Å². The first-order valence-corrected chi connectivity index (χ1v) is 6.58. The number of nitrogens with zero attached hydrogens (tertiary/aromatic N) is 2. The van der Waals surface area contributed by atoms with Crippen LogP contribution in [0.25, 0.3) is 0 Å². The first kappa shape index (κ1) is 13.0. The maximum Gasteiger partial charge on any atom is 0.123 e. The van der Waals surface area contributed by atoms with Crippen molar-refractivity contribution in [3.63, 3.8) is 0 Å². The van der Waals surface area contributed by atoms with Crippen molar-refractivity contribution in [3.8, 4) is 0 Å². The van der Waals surface area contributed by atoms with E-state index in [1.165, 1.54) is 12.1 Å². The molecule has 1 heterocycles. The second-order valence-corrected chi connectivity index (χ2v) is 4.93. The molecule has 0 saturated heterocycles. The molecule has 0 aliphatic heterocycles. The molecule has 1 aromatic carbocycles. The Morgan fingerprint density at radius 2 is 2.28 bits per heavy atom. The highest BCUT2D eigenvalue weighted by Gasteiger charge is 2.13. The smallest absolute Gasteiger partial charge is 0.123 e. The first-order chi connectivity index (χ1) is 8.58. The number of benzene rings is 1. The molecule has 0 unspecified atom stereocenters. The number of aliphatic hydroxyl groups excluding tert-OH is 1. The van der Waals surface area contributed by atoms with Crippen LogP contribution in [0.2, 0.25) is 0 Å². The van der Waals surface area contributed by atoms with Gasteiger partial charge in [-0.25, -0.2) is 9.37 Å². The average Bonchev–Trinajstić information content (AvgIpc) is 2.81. The van der Waals surface area contributed by atoms with E-state index < -0.39 is 6.10 Å². The van der Waals surface area contributed by atoms with Gasteiger partial charge in [0.1, 0.15) is 5.82 Å². The minimum atomic E-state index is -0.700. The van der Waals surface area contributed by atoms with Gasteiger partial charge in [-0.1, -0.05) is 0 Å². The first-order valence-electron chi connectivity index (χ1n) is 5.63.